The van der Waals surface area contributed by atoms with E-state index in [0.717, 1.165) is 12.0 Å². The standard InChI is InChI=1S/C22H24FN5O3/c1-22(30,13-28-15-24-25-26-28)14-31-20-8-4-17(5-9-20)21(29)27-11-10-18(12-27)16-2-6-19(23)7-3-16/h2-9,15,18,30H,10-14H2,1H3/t18-,22?/m0/s1. The quantitative estimate of drug-likeness (QED) is 0.624. The summed E-state index contributed by atoms with van der Waals surface area (Å²) in [5.41, 5.74) is 0.469. The number of tetrazole rings is 1. The van der Waals surface area contributed by atoms with Gasteiger partial charge in [-0.1, -0.05) is 12.1 Å². The van der Waals surface area contributed by atoms with Gasteiger partial charge in [-0.05, 0) is 65.7 Å². The van der Waals surface area contributed by atoms with Gasteiger partial charge in [0.25, 0.3) is 5.91 Å². The second-order valence-corrected chi connectivity index (χ2v) is 8.11. The van der Waals surface area contributed by atoms with E-state index in [4.69, 9.17) is 4.74 Å². The number of aromatic nitrogens is 4. The van der Waals surface area contributed by atoms with Gasteiger partial charge in [-0.2, -0.15) is 0 Å². The number of nitrogens with zero attached hydrogens (tertiary/aromatic N) is 5. The van der Waals surface area contributed by atoms with Crippen molar-refractivity contribution < 1.29 is 19.0 Å². The Morgan fingerprint density at radius 2 is 1.97 bits per heavy atom. The number of carbonyl (C=O) groups excluding carboxylic acids is 1. The molecule has 2 aromatic carbocycles. The van der Waals surface area contributed by atoms with Gasteiger partial charge in [0, 0.05) is 24.6 Å². The first-order valence-electron chi connectivity index (χ1n) is 10.1. The zero-order valence-corrected chi connectivity index (χ0v) is 17.2. The third-order valence-electron chi connectivity index (χ3n) is 5.36. The fraction of sp³-hybridized carbons (Fsp3) is 0.364. The van der Waals surface area contributed by atoms with E-state index < -0.39 is 5.60 Å². The average Bonchev–Trinajstić information content (AvgIpc) is 3.45. The van der Waals surface area contributed by atoms with Crippen molar-refractivity contribution in [1.29, 1.82) is 0 Å². The summed E-state index contributed by atoms with van der Waals surface area (Å²) in [7, 11) is 0. The Labute approximate surface area is 179 Å². The molecule has 1 N–H and O–H groups in total. The lowest BCUT2D eigenvalue weighted by Gasteiger charge is -2.23. The maximum absolute atomic E-state index is 13.1. The zero-order valence-electron chi connectivity index (χ0n) is 17.2. The number of ether oxygens (including phenoxy) is 1. The first-order valence-corrected chi connectivity index (χ1v) is 10.1. The minimum Gasteiger partial charge on any atom is -0.491 e. The summed E-state index contributed by atoms with van der Waals surface area (Å²) in [6.45, 7) is 3.16. The summed E-state index contributed by atoms with van der Waals surface area (Å²) >= 11 is 0. The summed E-state index contributed by atoms with van der Waals surface area (Å²) in [6.07, 6.45) is 2.28. The summed E-state index contributed by atoms with van der Waals surface area (Å²) in [5.74, 6) is 0.476. The molecule has 1 aliphatic heterocycles. The normalized spacial score (nSPS) is 18.0. The Bertz CT molecular complexity index is 1010. The number of aliphatic hydroxyl groups is 1. The van der Waals surface area contributed by atoms with E-state index in [2.05, 4.69) is 15.5 Å². The van der Waals surface area contributed by atoms with Crippen LogP contribution in [-0.2, 0) is 6.54 Å². The molecule has 0 bridgehead atoms. The van der Waals surface area contributed by atoms with Gasteiger partial charge in [0.15, 0.2) is 0 Å². The van der Waals surface area contributed by atoms with Gasteiger partial charge in [-0.3, -0.25) is 4.79 Å². The number of hydrogen-bond acceptors (Lipinski definition) is 6. The Morgan fingerprint density at radius 1 is 1.23 bits per heavy atom. The highest BCUT2D eigenvalue weighted by atomic mass is 19.1. The van der Waals surface area contributed by atoms with Crippen LogP contribution in [0.15, 0.2) is 54.9 Å². The molecule has 1 saturated heterocycles. The van der Waals surface area contributed by atoms with Crippen LogP contribution in [0.4, 0.5) is 4.39 Å². The molecule has 1 aromatic heterocycles. The lowest BCUT2D eigenvalue weighted by Crippen LogP contribution is -2.37. The van der Waals surface area contributed by atoms with Crippen molar-refractivity contribution in [3.05, 3.63) is 71.8 Å². The average molecular weight is 425 g/mol. The molecule has 2 atom stereocenters. The summed E-state index contributed by atoms with van der Waals surface area (Å²) in [6, 6.07) is 13.4. The SMILES string of the molecule is CC(O)(COc1ccc(C(=O)N2CC[C@H](c3ccc(F)cc3)C2)cc1)Cn1cnnn1. The third-order valence-corrected chi connectivity index (χ3v) is 5.36. The van der Waals surface area contributed by atoms with Crippen LogP contribution in [0.1, 0.15) is 35.2 Å². The molecule has 3 aromatic rings. The lowest BCUT2D eigenvalue weighted by molar-refractivity contribution is -0.00595. The van der Waals surface area contributed by atoms with Crippen LogP contribution in [0, 0.1) is 5.82 Å². The first-order chi connectivity index (χ1) is 14.9. The molecule has 8 nitrogen and oxygen atoms in total. The summed E-state index contributed by atoms with van der Waals surface area (Å²) < 4.78 is 20.2. The molecule has 0 saturated carbocycles. The van der Waals surface area contributed by atoms with Crippen molar-refractivity contribution in [2.45, 2.75) is 31.4 Å². The Morgan fingerprint density at radius 3 is 2.65 bits per heavy atom. The van der Waals surface area contributed by atoms with E-state index in [1.54, 1.807) is 43.3 Å². The predicted octanol–water partition coefficient (Wildman–Crippen LogP) is 2.27. The smallest absolute Gasteiger partial charge is 0.253 e. The zero-order chi connectivity index (χ0) is 21.8. The van der Waals surface area contributed by atoms with Gasteiger partial charge >= 0.3 is 0 Å². The van der Waals surface area contributed by atoms with Crippen LogP contribution >= 0.6 is 0 Å². The topological polar surface area (TPSA) is 93.4 Å². The van der Waals surface area contributed by atoms with Crippen LogP contribution in [0.25, 0.3) is 0 Å². The molecule has 1 unspecified atom stereocenters. The fourth-order valence-corrected chi connectivity index (χ4v) is 3.71. The number of halogens is 1. The van der Waals surface area contributed by atoms with Crippen LogP contribution in [0.3, 0.4) is 0 Å². The maximum Gasteiger partial charge on any atom is 0.253 e. The molecule has 2 heterocycles. The minimum absolute atomic E-state index is 0.0400. The number of hydrogen-bond donors (Lipinski definition) is 1. The third kappa shape index (κ3) is 5.24. The van der Waals surface area contributed by atoms with Crippen molar-refractivity contribution in [2.75, 3.05) is 19.7 Å². The molecular weight excluding hydrogens is 401 g/mol. The van der Waals surface area contributed by atoms with Crippen molar-refractivity contribution in [1.82, 2.24) is 25.1 Å². The molecule has 1 fully saturated rings. The second-order valence-electron chi connectivity index (χ2n) is 8.11. The number of benzene rings is 2. The molecule has 0 spiro atoms. The highest BCUT2D eigenvalue weighted by Gasteiger charge is 2.28. The van der Waals surface area contributed by atoms with E-state index in [-0.39, 0.29) is 30.8 Å². The molecule has 162 valence electrons. The van der Waals surface area contributed by atoms with Crippen LogP contribution < -0.4 is 4.74 Å². The predicted molar refractivity (Wildman–Crippen MR) is 110 cm³/mol. The van der Waals surface area contributed by atoms with Gasteiger partial charge in [0.1, 0.15) is 30.1 Å². The molecule has 1 amide bonds. The summed E-state index contributed by atoms with van der Waals surface area (Å²) in [5, 5.41) is 21.3. The van der Waals surface area contributed by atoms with Crippen molar-refractivity contribution in [3.63, 3.8) is 0 Å². The number of rotatable bonds is 7. The first kappa shape index (κ1) is 20.9. The van der Waals surface area contributed by atoms with Gasteiger partial charge in [-0.25, -0.2) is 9.07 Å². The maximum atomic E-state index is 13.1. The van der Waals surface area contributed by atoms with E-state index in [9.17, 15) is 14.3 Å². The Hall–Kier alpha value is -3.33. The number of carbonyl (C=O) groups is 1. The number of amides is 1. The van der Waals surface area contributed by atoms with Crippen LogP contribution in [0.5, 0.6) is 5.75 Å². The molecule has 4 rings (SSSR count). The van der Waals surface area contributed by atoms with E-state index in [1.165, 1.54) is 23.1 Å². The highest BCUT2D eigenvalue weighted by Crippen LogP contribution is 2.28. The van der Waals surface area contributed by atoms with Crippen molar-refractivity contribution in [3.8, 4) is 5.75 Å². The van der Waals surface area contributed by atoms with Gasteiger partial charge in [0.05, 0.1) is 6.54 Å². The van der Waals surface area contributed by atoms with Crippen molar-refractivity contribution >= 4 is 5.91 Å². The highest BCUT2D eigenvalue weighted by molar-refractivity contribution is 5.94. The van der Waals surface area contributed by atoms with E-state index in [1.807, 2.05) is 4.90 Å². The van der Waals surface area contributed by atoms with Gasteiger partial charge < -0.3 is 14.7 Å². The molecular formula is C22H24FN5O3. The molecule has 0 radical (unpaired) electrons. The van der Waals surface area contributed by atoms with Gasteiger partial charge in [0.2, 0.25) is 0 Å². The minimum atomic E-state index is -1.16. The molecule has 1 aliphatic rings. The number of likely N-dealkylation sites (tertiary alicyclic amines) is 1. The summed E-state index contributed by atoms with van der Waals surface area (Å²) in [4.78, 5) is 14.7. The Balaban J connectivity index is 1.31. The van der Waals surface area contributed by atoms with Crippen LogP contribution in [0.2, 0.25) is 0 Å². The van der Waals surface area contributed by atoms with Crippen LogP contribution in [-0.4, -0.2) is 61.4 Å². The monoisotopic (exact) mass is 425 g/mol. The largest absolute Gasteiger partial charge is 0.491 e. The van der Waals surface area contributed by atoms with Gasteiger partial charge in [-0.15, -0.1) is 5.10 Å². The molecule has 0 aliphatic carbocycles. The molecule has 9 heteroatoms. The van der Waals surface area contributed by atoms with Crippen molar-refractivity contribution in [2.24, 2.45) is 0 Å². The van der Waals surface area contributed by atoms with E-state index >= 15 is 0 Å². The lowest BCUT2D eigenvalue weighted by atomic mass is 9.99. The second kappa shape index (κ2) is 8.81. The molecule has 31 heavy (non-hydrogen) atoms. The fourth-order valence-electron chi connectivity index (χ4n) is 3.71. The Kier molecular flexibility index (Phi) is 5.94. The van der Waals surface area contributed by atoms with E-state index in [0.29, 0.717) is 24.4 Å².